The Morgan fingerprint density at radius 3 is 2.64 bits per heavy atom. The van der Waals surface area contributed by atoms with Crippen molar-refractivity contribution in [1.29, 1.82) is 0 Å². The van der Waals surface area contributed by atoms with Gasteiger partial charge in [-0.25, -0.2) is 9.59 Å². The van der Waals surface area contributed by atoms with Gasteiger partial charge in [-0.3, -0.25) is 9.69 Å². The van der Waals surface area contributed by atoms with E-state index in [1.165, 1.54) is 0 Å². The monoisotopic (exact) mass is 599 g/mol. The number of para-hydroxylation sites is 1. The molecule has 2 aromatic rings. The number of ether oxygens (including phenoxy) is 4. The van der Waals surface area contributed by atoms with Crippen LogP contribution in [0.5, 0.6) is 5.75 Å². The number of hydrogen-bond donors (Lipinski definition) is 2. The quantitative estimate of drug-likeness (QED) is 0.187. The zero-order valence-electron chi connectivity index (χ0n) is 24.3. The highest BCUT2D eigenvalue weighted by molar-refractivity contribution is 6.33. The Labute approximate surface area is 251 Å². The van der Waals surface area contributed by atoms with Crippen molar-refractivity contribution >= 4 is 40.9 Å². The molecule has 10 nitrogen and oxygen atoms in total. The number of amides is 2. The van der Waals surface area contributed by atoms with Crippen LogP contribution in [0, 0.1) is 6.92 Å². The van der Waals surface area contributed by atoms with E-state index >= 15 is 0 Å². The Kier molecular flexibility index (Phi) is 11.2. The summed E-state index contributed by atoms with van der Waals surface area (Å²) >= 11 is 6.21. The number of benzene rings is 2. The van der Waals surface area contributed by atoms with Crippen LogP contribution in [-0.2, 0) is 32.0 Å². The molecule has 42 heavy (non-hydrogen) atoms. The molecule has 4 rings (SSSR count). The highest BCUT2D eigenvalue weighted by atomic mass is 35.5. The number of rotatable bonds is 12. The van der Waals surface area contributed by atoms with Crippen LogP contribution >= 0.6 is 11.6 Å². The second-order valence-corrected chi connectivity index (χ2v) is 10.7. The molecule has 2 amide bonds. The molecule has 0 aliphatic carbocycles. The molecule has 2 N–H and O–H groups in total. The number of allylic oxidation sites excluding steroid dienone is 2. The Morgan fingerprint density at radius 2 is 1.90 bits per heavy atom. The molecule has 226 valence electrons. The molecule has 11 heteroatoms. The third-order valence-electron chi connectivity index (χ3n) is 7.40. The third-order valence-corrected chi connectivity index (χ3v) is 7.73. The molecule has 2 aliphatic rings. The molecule has 1 fully saturated rings. The topological polar surface area (TPSA) is 115 Å². The van der Waals surface area contributed by atoms with Crippen molar-refractivity contribution in [3.63, 3.8) is 0 Å². The van der Waals surface area contributed by atoms with E-state index in [-0.39, 0.29) is 19.0 Å². The van der Waals surface area contributed by atoms with E-state index in [2.05, 4.69) is 15.5 Å². The number of carbonyl (C=O) groups excluding carboxylic acids is 3. The number of esters is 2. The normalized spacial score (nSPS) is 15.1. The number of morpholine rings is 1. The number of nitrogens with one attached hydrogen (secondary N) is 2. The third kappa shape index (κ3) is 8.02. The van der Waals surface area contributed by atoms with Gasteiger partial charge in [0.1, 0.15) is 12.4 Å². The number of urea groups is 1. The minimum absolute atomic E-state index is 0.0981. The average Bonchev–Trinajstić information content (AvgIpc) is 3.38. The fourth-order valence-corrected chi connectivity index (χ4v) is 5.25. The first kappa shape index (κ1) is 31.3. The molecule has 0 radical (unpaired) electrons. The summed E-state index contributed by atoms with van der Waals surface area (Å²) in [4.78, 5) is 40.4. The van der Waals surface area contributed by atoms with Crippen LogP contribution in [-0.4, -0.2) is 69.4 Å². The average molecular weight is 600 g/mol. The minimum atomic E-state index is -0.561. The molecule has 0 saturated carbocycles. The Hall–Kier alpha value is -3.60. The van der Waals surface area contributed by atoms with Gasteiger partial charge in [0.25, 0.3) is 0 Å². The van der Waals surface area contributed by atoms with Crippen molar-refractivity contribution in [2.45, 2.75) is 46.1 Å². The molecule has 2 heterocycles. The van der Waals surface area contributed by atoms with Gasteiger partial charge in [-0.05, 0) is 50.8 Å². The van der Waals surface area contributed by atoms with Crippen LogP contribution in [0.1, 0.15) is 53.2 Å². The standard InChI is InChI=1S/C31H38ClN3O7/c1-20(10-12-26(36)41-16-6-13-35-14-17-40-18-15-35)9-11-22-28(34-31(38)33-25-8-5-4-7-24(25)32)27-23(19-42-30(27)37)21(2)29(22)39-3/h4-5,7-9H,6,10-19H2,1-3H3,(H2,33,34,38)/b20-9+. The van der Waals surface area contributed by atoms with E-state index in [1.807, 2.05) is 19.9 Å². The van der Waals surface area contributed by atoms with Gasteiger partial charge in [-0.2, -0.15) is 0 Å². The maximum atomic E-state index is 13.0. The summed E-state index contributed by atoms with van der Waals surface area (Å²) in [7, 11) is 1.55. The maximum absolute atomic E-state index is 13.0. The van der Waals surface area contributed by atoms with Crippen molar-refractivity contribution in [3.05, 3.63) is 63.2 Å². The molecule has 2 aliphatic heterocycles. The predicted molar refractivity (Wildman–Crippen MR) is 160 cm³/mol. The number of anilines is 2. The lowest BCUT2D eigenvalue weighted by Crippen LogP contribution is -2.37. The molecule has 1 saturated heterocycles. The Balaban J connectivity index is 1.42. The first-order valence-electron chi connectivity index (χ1n) is 14.1. The van der Waals surface area contributed by atoms with Crippen LogP contribution in [0.4, 0.5) is 16.2 Å². The molecule has 0 unspecified atom stereocenters. The Bertz CT molecular complexity index is 1340. The number of methoxy groups -OCH3 is 1. The van der Waals surface area contributed by atoms with Gasteiger partial charge in [0.2, 0.25) is 0 Å². The van der Waals surface area contributed by atoms with E-state index in [0.717, 1.165) is 50.4 Å². The summed E-state index contributed by atoms with van der Waals surface area (Å²) in [6, 6.07) is 6.30. The lowest BCUT2D eigenvalue weighted by Gasteiger charge is -2.26. The molecule has 2 aromatic carbocycles. The molecule has 0 aromatic heterocycles. The summed E-state index contributed by atoms with van der Waals surface area (Å²) in [6.07, 6.45) is 3.89. The summed E-state index contributed by atoms with van der Waals surface area (Å²) < 4.78 is 21.8. The molecule has 0 atom stereocenters. The zero-order chi connectivity index (χ0) is 30.1. The number of nitrogens with zero attached hydrogens (tertiary/aromatic N) is 1. The smallest absolute Gasteiger partial charge is 0.341 e. The van der Waals surface area contributed by atoms with Gasteiger partial charge in [0.05, 0.1) is 48.9 Å². The first-order valence-corrected chi connectivity index (χ1v) is 14.5. The van der Waals surface area contributed by atoms with Crippen molar-refractivity contribution in [3.8, 4) is 5.75 Å². The first-order chi connectivity index (χ1) is 20.3. The van der Waals surface area contributed by atoms with Crippen LogP contribution in [0.15, 0.2) is 35.9 Å². The fourth-order valence-electron chi connectivity index (χ4n) is 5.07. The summed E-state index contributed by atoms with van der Waals surface area (Å²) in [6.45, 7) is 8.50. The number of fused-ring (bicyclic) bond motifs is 1. The van der Waals surface area contributed by atoms with E-state index in [0.29, 0.717) is 58.3 Å². The number of carbonyl (C=O) groups is 3. The van der Waals surface area contributed by atoms with Gasteiger partial charge < -0.3 is 29.6 Å². The van der Waals surface area contributed by atoms with Gasteiger partial charge in [0.15, 0.2) is 0 Å². The number of hydrogen-bond acceptors (Lipinski definition) is 8. The van der Waals surface area contributed by atoms with Gasteiger partial charge >= 0.3 is 18.0 Å². The van der Waals surface area contributed by atoms with Crippen molar-refractivity contribution < 1.29 is 33.3 Å². The summed E-state index contributed by atoms with van der Waals surface area (Å²) in [5.74, 6) is -0.192. The summed E-state index contributed by atoms with van der Waals surface area (Å²) in [5.41, 5.74) is 4.11. The summed E-state index contributed by atoms with van der Waals surface area (Å²) in [5, 5.41) is 5.96. The maximum Gasteiger partial charge on any atom is 0.341 e. The highest BCUT2D eigenvalue weighted by Crippen LogP contribution is 2.41. The van der Waals surface area contributed by atoms with E-state index in [4.69, 9.17) is 30.5 Å². The van der Waals surface area contributed by atoms with E-state index < -0.39 is 12.0 Å². The van der Waals surface area contributed by atoms with Crippen molar-refractivity contribution in [1.82, 2.24) is 4.90 Å². The lowest BCUT2D eigenvalue weighted by molar-refractivity contribution is -0.143. The van der Waals surface area contributed by atoms with E-state index in [9.17, 15) is 14.4 Å². The van der Waals surface area contributed by atoms with E-state index in [1.54, 1.807) is 31.4 Å². The van der Waals surface area contributed by atoms with Crippen LogP contribution in [0.3, 0.4) is 0 Å². The van der Waals surface area contributed by atoms with Crippen LogP contribution in [0.25, 0.3) is 0 Å². The predicted octanol–water partition coefficient (Wildman–Crippen LogP) is 5.51. The van der Waals surface area contributed by atoms with Gasteiger partial charge in [-0.1, -0.05) is 35.4 Å². The van der Waals surface area contributed by atoms with Crippen LogP contribution in [0.2, 0.25) is 5.02 Å². The second kappa shape index (κ2) is 15.0. The van der Waals surface area contributed by atoms with Crippen LogP contribution < -0.4 is 15.4 Å². The lowest BCUT2D eigenvalue weighted by atomic mass is 9.93. The molecular weight excluding hydrogens is 562 g/mol. The minimum Gasteiger partial charge on any atom is -0.496 e. The number of halogens is 1. The molecule has 0 spiro atoms. The number of cyclic esters (lactones) is 1. The molecule has 0 bridgehead atoms. The van der Waals surface area contributed by atoms with Gasteiger partial charge in [0, 0.05) is 37.2 Å². The Morgan fingerprint density at radius 1 is 1.14 bits per heavy atom. The largest absolute Gasteiger partial charge is 0.496 e. The highest BCUT2D eigenvalue weighted by Gasteiger charge is 2.32. The zero-order valence-corrected chi connectivity index (χ0v) is 25.1. The van der Waals surface area contributed by atoms with Crippen molar-refractivity contribution in [2.24, 2.45) is 0 Å². The second-order valence-electron chi connectivity index (χ2n) is 10.3. The van der Waals surface area contributed by atoms with Crippen molar-refractivity contribution in [2.75, 3.05) is 57.2 Å². The molecular formula is C31H38ClN3O7. The fraction of sp³-hybridized carbons (Fsp3) is 0.452. The SMILES string of the molecule is COc1c(C)c2c(c(NC(=O)Nc3ccccc3Cl)c1C/C=C(\C)CCC(=O)OCCCN1CCOCC1)C(=O)OC2. The van der Waals surface area contributed by atoms with Gasteiger partial charge in [-0.15, -0.1) is 0 Å².